The van der Waals surface area contributed by atoms with Crippen LogP contribution >= 0.6 is 11.6 Å². The molecule has 1 saturated carbocycles. The second-order valence-corrected chi connectivity index (χ2v) is 8.68. The Morgan fingerprint density at radius 2 is 1.90 bits per heavy atom. The van der Waals surface area contributed by atoms with Crippen LogP contribution in [0.1, 0.15) is 54.8 Å². The monoisotopic (exact) mass is 411 g/mol. The summed E-state index contributed by atoms with van der Waals surface area (Å²) in [6.45, 7) is 1.20. The maximum Gasteiger partial charge on any atom is 0.227 e. The second kappa shape index (κ2) is 7.91. The highest BCUT2D eigenvalue weighted by Crippen LogP contribution is 2.42. The third-order valence-corrected chi connectivity index (χ3v) is 6.40. The molecule has 4 nitrogen and oxygen atoms in total. The fraction of sp³-hybridized carbons (Fsp3) is 0.458. The van der Waals surface area contributed by atoms with Crippen molar-refractivity contribution in [2.45, 2.75) is 57.0 Å². The number of hydrogen-bond acceptors (Lipinski definition) is 3. The van der Waals surface area contributed by atoms with Crippen LogP contribution in [0.2, 0.25) is 5.02 Å². The van der Waals surface area contributed by atoms with Crippen LogP contribution in [-0.2, 0) is 17.6 Å². The molecule has 5 heteroatoms. The van der Waals surface area contributed by atoms with Crippen molar-refractivity contribution in [2.75, 3.05) is 13.2 Å². The molecule has 1 amide bonds. The zero-order valence-electron chi connectivity index (χ0n) is 16.5. The van der Waals surface area contributed by atoms with E-state index in [-0.39, 0.29) is 11.9 Å². The van der Waals surface area contributed by atoms with Crippen molar-refractivity contribution in [3.63, 3.8) is 0 Å². The number of nitrogens with zero attached hydrogens (tertiary/aromatic N) is 1. The molecule has 1 heterocycles. The van der Waals surface area contributed by atoms with Crippen molar-refractivity contribution in [1.82, 2.24) is 4.90 Å². The largest absolute Gasteiger partial charge is 0.489 e. The van der Waals surface area contributed by atoms with Gasteiger partial charge >= 0.3 is 0 Å². The lowest BCUT2D eigenvalue weighted by Gasteiger charge is -2.36. The first-order valence-corrected chi connectivity index (χ1v) is 11.1. The number of carbonyl (C=O) groups excluding carboxylic acids is 1. The average Bonchev–Trinajstić information content (AvgIpc) is 3.56. The summed E-state index contributed by atoms with van der Waals surface area (Å²) in [4.78, 5) is 15.6. The molecule has 152 valence electrons. The van der Waals surface area contributed by atoms with Gasteiger partial charge in [0.2, 0.25) is 5.91 Å². The molecule has 5 rings (SSSR count). The van der Waals surface area contributed by atoms with Crippen LogP contribution in [0, 0.1) is 0 Å². The van der Waals surface area contributed by atoms with Crippen LogP contribution in [0.15, 0.2) is 36.4 Å². The van der Waals surface area contributed by atoms with E-state index in [1.54, 1.807) is 0 Å². The number of rotatable bonds is 4. The molecule has 0 radical (unpaired) electrons. The molecule has 1 fully saturated rings. The molecule has 1 aliphatic heterocycles. The number of ether oxygens (including phenoxy) is 2. The Bertz CT molecular complexity index is 924. The van der Waals surface area contributed by atoms with Crippen LogP contribution in [0.3, 0.4) is 0 Å². The van der Waals surface area contributed by atoms with Crippen LogP contribution < -0.4 is 9.47 Å². The highest BCUT2D eigenvalue weighted by atomic mass is 35.5. The van der Waals surface area contributed by atoms with Gasteiger partial charge in [0.1, 0.15) is 0 Å². The normalized spacial score (nSPS) is 20.5. The van der Waals surface area contributed by atoms with Gasteiger partial charge in [-0.15, -0.1) is 0 Å². The fourth-order valence-electron chi connectivity index (χ4n) is 4.65. The highest BCUT2D eigenvalue weighted by Gasteiger charge is 2.39. The molecule has 0 spiro atoms. The van der Waals surface area contributed by atoms with Gasteiger partial charge in [-0.1, -0.05) is 35.9 Å². The Hall–Kier alpha value is -2.20. The van der Waals surface area contributed by atoms with Crippen LogP contribution in [0.25, 0.3) is 0 Å². The minimum atomic E-state index is 0.180. The molecule has 0 saturated heterocycles. The SMILES string of the molecule is O=C(Cc1cc(Cl)c2c(c1)OCCCO2)N(C1CC1)C1CCCc2ccccc21. The number of fused-ring (bicyclic) bond motifs is 2. The van der Waals surface area contributed by atoms with Gasteiger partial charge < -0.3 is 14.4 Å². The Kier molecular flexibility index (Phi) is 5.13. The van der Waals surface area contributed by atoms with E-state index in [0.717, 1.165) is 44.1 Å². The van der Waals surface area contributed by atoms with E-state index in [1.807, 2.05) is 12.1 Å². The number of benzene rings is 2. The number of carbonyl (C=O) groups is 1. The average molecular weight is 412 g/mol. The smallest absolute Gasteiger partial charge is 0.227 e. The van der Waals surface area contributed by atoms with Crippen molar-refractivity contribution in [3.05, 3.63) is 58.1 Å². The lowest BCUT2D eigenvalue weighted by atomic mass is 9.86. The van der Waals surface area contributed by atoms with Crippen LogP contribution in [0.5, 0.6) is 11.5 Å². The molecule has 0 N–H and O–H groups in total. The van der Waals surface area contributed by atoms with Gasteiger partial charge in [-0.25, -0.2) is 0 Å². The standard InChI is InChI=1S/C24H26ClNO3/c25-20-13-16(14-22-24(20)29-12-4-11-28-22)15-23(27)26(18-9-10-18)21-8-3-6-17-5-1-2-7-19(17)21/h1-2,5,7,13-14,18,21H,3-4,6,8-12,15H2. The maximum atomic E-state index is 13.5. The minimum Gasteiger partial charge on any atom is -0.489 e. The molecular weight excluding hydrogens is 386 g/mol. The summed E-state index contributed by atoms with van der Waals surface area (Å²) in [5, 5.41) is 0.521. The van der Waals surface area contributed by atoms with E-state index in [9.17, 15) is 4.79 Å². The van der Waals surface area contributed by atoms with E-state index in [1.165, 1.54) is 11.1 Å². The van der Waals surface area contributed by atoms with E-state index in [0.29, 0.717) is 42.2 Å². The van der Waals surface area contributed by atoms with E-state index in [4.69, 9.17) is 21.1 Å². The summed E-state index contributed by atoms with van der Waals surface area (Å²) < 4.78 is 11.5. The van der Waals surface area contributed by atoms with Gasteiger partial charge in [0.05, 0.1) is 30.7 Å². The second-order valence-electron chi connectivity index (χ2n) is 8.27. The fourth-order valence-corrected chi connectivity index (χ4v) is 4.94. The van der Waals surface area contributed by atoms with Crippen molar-refractivity contribution in [3.8, 4) is 11.5 Å². The molecule has 2 aromatic rings. The summed E-state index contributed by atoms with van der Waals surface area (Å²) >= 11 is 6.44. The van der Waals surface area contributed by atoms with Crippen molar-refractivity contribution >= 4 is 17.5 Å². The lowest BCUT2D eigenvalue weighted by molar-refractivity contribution is -0.134. The van der Waals surface area contributed by atoms with Gasteiger partial charge in [0.15, 0.2) is 11.5 Å². The minimum absolute atomic E-state index is 0.180. The van der Waals surface area contributed by atoms with Gasteiger partial charge in [-0.05, 0) is 60.9 Å². The third kappa shape index (κ3) is 3.83. The third-order valence-electron chi connectivity index (χ3n) is 6.12. The Balaban J connectivity index is 1.41. The maximum absolute atomic E-state index is 13.5. The Morgan fingerprint density at radius 1 is 1.07 bits per heavy atom. The summed E-state index contributed by atoms with van der Waals surface area (Å²) in [6, 6.07) is 12.9. The molecule has 0 aromatic heterocycles. The van der Waals surface area contributed by atoms with Gasteiger partial charge in [0, 0.05) is 12.5 Å². The lowest BCUT2D eigenvalue weighted by Crippen LogP contribution is -2.39. The quantitative estimate of drug-likeness (QED) is 0.701. The van der Waals surface area contributed by atoms with Gasteiger partial charge in [-0.3, -0.25) is 4.79 Å². The molecule has 0 bridgehead atoms. The summed E-state index contributed by atoms with van der Waals surface area (Å²) in [5.74, 6) is 1.43. The van der Waals surface area contributed by atoms with Crippen molar-refractivity contribution in [2.24, 2.45) is 0 Å². The summed E-state index contributed by atoms with van der Waals surface area (Å²) in [5.41, 5.74) is 3.61. The zero-order chi connectivity index (χ0) is 19.8. The molecule has 2 aromatic carbocycles. The Morgan fingerprint density at radius 3 is 2.76 bits per heavy atom. The van der Waals surface area contributed by atoms with Crippen molar-refractivity contribution in [1.29, 1.82) is 0 Å². The number of aryl methyl sites for hydroxylation is 1. The Labute approximate surface area is 176 Å². The highest BCUT2D eigenvalue weighted by molar-refractivity contribution is 6.32. The number of halogens is 1. The molecule has 3 aliphatic rings. The topological polar surface area (TPSA) is 38.8 Å². The molecule has 2 aliphatic carbocycles. The summed E-state index contributed by atoms with van der Waals surface area (Å²) in [7, 11) is 0. The first-order valence-electron chi connectivity index (χ1n) is 10.7. The van der Waals surface area contributed by atoms with E-state index >= 15 is 0 Å². The molecule has 1 unspecified atom stereocenters. The first-order chi connectivity index (χ1) is 14.2. The molecule has 29 heavy (non-hydrogen) atoms. The molecular formula is C24H26ClNO3. The van der Waals surface area contributed by atoms with Crippen molar-refractivity contribution < 1.29 is 14.3 Å². The predicted molar refractivity (Wildman–Crippen MR) is 113 cm³/mol. The first kappa shape index (κ1) is 18.8. The van der Waals surface area contributed by atoms with Crippen LogP contribution in [0.4, 0.5) is 0 Å². The number of amides is 1. The van der Waals surface area contributed by atoms with Gasteiger partial charge in [-0.2, -0.15) is 0 Å². The van der Waals surface area contributed by atoms with E-state index in [2.05, 4.69) is 29.2 Å². The zero-order valence-corrected chi connectivity index (χ0v) is 17.3. The van der Waals surface area contributed by atoms with Crippen LogP contribution in [-0.4, -0.2) is 30.1 Å². The number of hydrogen-bond donors (Lipinski definition) is 0. The van der Waals surface area contributed by atoms with Gasteiger partial charge in [0.25, 0.3) is 0 Å². The predicted octanol–water partition coefficient (Wildman–Crippen LogP) is 5.11. The summed E-state index contributed by atoms with van der Waals surface area (Å²) in [6.07, 6.45) is 6.66. The molecule has 1 atom stereocenters. The van der Waals surface area contributed by atoms with E-state index < -0.39 is 0 Å².